The number of nitrogens with zero attached hydrogens (tertiary/aromatic N) is 7. The molecule has 5 aliphatic heterocycles. The maximum absolute atomic E-state index is 13.9. The highest BCUT2D eigenvalue weighted by molar-refractivity contribution is 6.23. The van der Waals surface area contributed by atoms with E-state index in [0.29, 0.717) is 23.7 Å². The summed E-state index contributed by atoms with van der Waals surface area (Å²) in [6, 6.07) is 15.5. The summed E-state index contributed by atoms with van der Waals surface area (Å²) in [5.74, 6) is 0.440. The van der Waals surface area contributed by atoms with Crippen molar-refractivity contribution in [2.45, 2.75) is 77.5 Å². The third-order valence-corrected chi connectivity index (χ3v) is 12.2. The summed E-state index contributed by atoms with van der Waals surface area (Å²) in [7, 11) is 1.83. The number of pyridine rings is 1. The van der Waals surface area contributed by atoms with E-state index >= 15 is 0 Å². The van der Waals surface area contributed by atoms with Gasteiger partial charge < -0.3 is 25.4 Å². The zero-order valence-corrected chi connectivity index (χ0v) is 32.4. The van der Waals surface area contributed by atoms with E-state index in [1.54, 1.807) is 6.20 Å². The summed E-state index contributed by atoms with van der Waals surface area (Å²) in [5.41, 5.74) is 16.5. The normalized spacial score (nSPS) is 25.1. The molecule has 2 aromatic carbocycles. The van der Waals surface area contributed by atoms with Gasteiger partial charge >= 0.3 is 0 Å². The molecule has 0 amide bonds. The number of nitrogens with two attached hydrogens (primary N) is 1. The molecule has 4 aromatic rings. The van der Waals surface area contributed by atoms with E-state index in [9.17, 15) is 8.78 Å². The molecule has 0 aliphatic carbocycles. The third-order valence-electron chi connectivity index (χ3n) is 12.2. The van der Waals surface area contributed by atoms with Gasteiger partial charge in [-0.25, -0.2) is 13.8 Å². The third kappa shape index (κ3) is 7.51. The second-order valence-corrected chi connectivity index (χ2v) is 16.1. The van der Waals surface area contributed by atoms with Gasteiger partial charge in [0.2, 0.25) is 5.95 Å². The molecular weight excluding hydrogens is 693 g/mol. The van der Waals surface area contributed by atoms with Gasteiger partial charge in [0.1, 0.15) is 11.6 Å². The number of aromatic nitrogens is 3. The first kappa shape index (κ1) is 36.9. The van der Waals surface area contributed by atoms with Gasteiger partial charge in [-0.2, -0.15) is 0 Å². The molecule has 0 spiro atoms. The molecule has 7 heterocycles. The molecule has 5 aliphatic rings. The van der Waals surface area contributed by atoms with Crippen molar-refractivity contribution in [2.24, 2.45) is 22.6 Å². The number of nitrogens with one attached hydrogen (secondary N) is 1. The van der Waals surface area contributed by atoms with E-state index in [2.05, 4.69) is 67.9 Å². The van der Waals surface area contributed by atoms with Crippen molar-refractivity contribution in [3.05, 3.63) is 108 Å². The fourth-order valence-corrected chi connectivity index (χ4v) is 9.26. The lowest BCUT2D eigenvalue weighted by molar-refractivity contribution is -0.0664. The van der Waals surface area contributed by atoms with Gasteiger partial charge in [0.15, 0.2) is 0 Å². The average Bonchev–Trinajstić information content (AvgIpc) is 3.79. The van der Waals surface area contributed by atoms with Crippen LogP contribution < -0.4 is 16.0 Å². The van der Waals surface area contributed by atoms with E-state index in [4.69, 9.17) is 15.7 Å². The van der Waals surface area contributed by atoms with Crippen molar-refractivity contribution in [3.63, 3.8) is 0 Å². The lowest BCUT2D eigenvalue weighted by Gasteiger charge is -2.57. The Bertz CT molecular complexity index is 2150. The Hall–Kier alpha value is -5.03. The Balaban J connectivity index is 0.981. The van der Waals surface area contributed by atoms with Gasteiger partial charge in [0.25, 0.3) is 0 Å². The van der Waals surface area contributed by atoms with Crippen LogP contribution in [-0.4, -0.2) is 75.4 Å². The average molecular weight is 746 g/mol. The quantitative estimate of drug-likeness (QED) is 0.214. The number of piperidine rings is 1. The van der Waals surface area contributed by atoms with Gasteiger partial charge in [0, 0.05) is 116 Å². The summed E-state index contributed by atoms with van der Waals surface area (Å²) in [5, 5.41) is 3.59. The van der Waals surface area contributed by atoms with Crippen LogP contribution in [0.5, 0.6) is 0 Å². The van der Waals surface area contributed by atoms with Crippen LogP contribution in [0, 0.1) is 30.4 Å². The van der Waals surface area contributed by atoms with Gasteiger partial charge in [0.05, 0.1) is 16.7 Å². The van der Waals surface area contributed by atoms with Gasteiger partial charge in [-0.1, -0.05) is 32.6 Å². The van der Waals surface area contributed by atoms with Crippen LogP contribution in [0.4, 0.5) is 20.4 Å². The number of piperazine rings is 1. The lowest BCUT2D eigenvalue weighted by Crippen LogP contribution is -2.67. The Morgan fingerprint density at radius 2 is 1.78 bits per heavy atom. The zero-order valence-electron chi connectivity index (χ0n) is 32.4. The molecule has 4 fully saturated rings. The highest BCUT2D eigenvalue weighted by Crippen LogP contribution is 2.39. The van der Waals surface area contributed by atoms with Crippen LogP contribution in [0.15, 0.2) is 78.6 Å². The number of rotatable bonds is 5. The van der Waals surface area contributed by atoms with Crippen molar-refractivity contribution >= 4 is 39.7 Å². The van der Waals surface area contributed by atoms with Crippen molar-refractivity contribution in [3.8, 4) is 0 Å². The second-order valence-electron chi connectivity index (χ2n) is 16.1. The number of fused-ring (bicyclic) bond motifs is 7. The van der Waals surface area contributed by atoms with Gasteiger partial charge in [-0.3, -0.25) is 14.9 Å². The lowest BCUT2D eigenvalue weighted by atomic mass is 9.85. The monoisotopic (exact) mass is 745 g/mol. The van der Waals surface area contributed by atoms with Gasteiger partial charge in [-0.05, 0) is 86.9 Å². The Morgan fingerprint density at radius 3 is 2.53 bits per heavy atom. The minimum absolute atomic E-state index is 0.279. The molecule has 11 heteroatoms. The Kier molecular flexibility index (Phi) is 10.2. The van der Waals surface area contributed by atoms with E-state index in [0.717, 1.165) is 134 Å². The molecule has 4 atom stereocenters. The Labute approximate surface area is 323 Å². The smallest absolute Gasteiger partial charge is 0.208 e. The van der Waals surface area contributed by atoms with E-state index in [1.807, 2.05) is 26.1 Å². The van der Waals surface area contributed by atoms with Crippen LogP contribution in [0.1, 0.15) is 68.0 Å². The van der Waals surface area contributed by atoms with E-state index in [1.165, 1.54) is 24.1 Å². The van der Waals surface area contributed by atoms with E-state index in [-0.39, 0.29) is 5.92 Å². The fourth-order valence-electron chi connectivity index (χ4n) is 9.26. The molecule has 9 rings (SSSR count). The molecule has 3 unspecified atom stereocenters. The number of aryl methyl sites for hydroxylation is 1. The first-order valence-corrected chi connectivity index (χ1v) is 19.8. The largest absolute Gasteiger partial charge is 0.404 e. The molecule has 4 saturated heterocycles. The number of anilines is 2. The van der Waals surface area contributed by atoms with Crippen molar-refractivity contribution in [1.29, 1.82) is 0 Å². The molecule has 0 saturated carbocycles. The van der Waals surface area contributed by atoms with Crippen LogP contribution in [0.3, 0.4) is 0 Å². The first-order valence-electron chi connectivity index (χ1n) is 19.8. The molecule has 3 N–H and O–H groups in total. The fraction of sp³-hybridized carbons (Fsp3) is 0.432. The number of imidazole rings is 1. The van der Waals surface area contributed by atoms with Crippen LogP contribution in [0.25, 0.3) is 22.3 Å². The zero-order chi connectivity index (χ0) is 38.4. The topological polar surface area (TPSA) is 90.8 Å². The standard InChI is InChI=1S/C44H53F2N9/c1-27-8-6-7-9-40(48-5)39(21-47)42-16-33(14-28(2)49-42)29(3)50-44-51-41-11-10-31(15-43(41)55(44)22-27)23-54-37-20-38(54)26-53(25-37)30(4)32-12-13-52(24-32)36-18-34(45)17-35(46)19-36/h10-11,14-19,21,27,32,37-38H,3-4,6-9,12-13,20,22-26,47H2,1-2,5H3,(H,50,51)/t27-,32?,37?,38?/m1/s1. The van der Waals surface area contributed by atoms with Crippen molar-refractivity contribution in [1.82, 2.24) is 24.3 Å². The minimum atomic E-state index is -0.535. The SMILES string of the molecule is C=C1Nc2nc3ccc(CN4C5CC4CN(C(=C)C4CCN(c6cc(F)cc(F)c6)C4)C5)cc3n2C[C@H](C)CCCCC(=NC)C(=CN)c2cc1cc(C)n2. The summed E-state index contributed by atoms with van der Waals surface area (Å²) >= 11 is 0. The maximum atomic E-state index is 13.9. The molecule has 288 valence electrons. The highest BCUT2D eigenvalue weighted by atomic mass is 19.1. The first-order chi connectivity index (χ1) is 26.6. The van der Waals surface area contributed by atoms with Crippen LogP contribution in [0.2, 0.25) is 0 Å². The van der Waals surface area contributed by atoms with Crippen LogP contribution in [-0.2, 0) is 13.1 Å². The molecule has 4 bridgehead atoms. The minimum Gasteiger partial charge on any atom is -0.404 e. The number of halogens is 2. The molecule has 0 radical (unpaired) electrons. The Morgan fingerprint density at radius 1 is 1.00 bits per heavy atom. The molecular formula is C44H53F2N9. The number of allylic oxidation sites excluding steroid dienone is 1. The maximum Gasteiger partial charge on any atom is 0.208 e. The summed E-state index contributed by atoms with van der Waals surface area (Å²) in [6.45, 7) is 18.5. The molecule has 55 heavy (non-hydrogen) atoms. The van der Waals surface area contributed by atoms with Crippen LogP contribution >= 0.6 is 0 Å². The summed E-state index contributed by atoms with van der Waals surface area (Å²) in [4.78, 5) is 21.8. The molecule has 9 nitrogen and oxygen atoms in total. The van der Waals surface area contributed by atoms with Crippen molar-refractivity contribution < 1.29 is 8.78 Å². The number of benzene rings is 2. The second kappa shape index (κ2) is 15.2. The highest BCUT2D eigenvalue weighted by Gasteiger charge is 2.45. The van der Waals surface area contributed by atoms with Crippen molar-refractivity contribution in [2.75, 3.05) is 43.4 Å². The molecule has 2 aromatic heterocycles. The number of hydrogen-bond acceptors (Lipinski definition) is 8. The number of hydrogen-bond donors (Lipinski definition) is 2. The van der Waals surface area contributed by atoms with E-state index < -0.39 is 11.6 Å². The van der Waals surface area contributed by atoms with Gasteiger partial charge in [-0.15, -0.1) is 0 Å². The predicted octanol–water partition coefficient (Wildman–Crippen LogP) is 7.98. The summed E-state index contributed by atoms with van der Waals surface area (Å²) in [6.07, 6.45) is 7.82. The number of aliphatic imine (C=N–C) groups is 1. The summed E-state index contributed by atoms with van der Waals surface area (Å²) < 4.78 is 30.2. The predicted molar refractivity (Wildman–Crippen MR) is 220 cm³/mol.